The zero-order chi connectivity index (χ0) is 18.4. The highest BCUT2D eigenvalue weighted by Gasteiger charge is 2.36. The van der Waals surface area contributed by atoms with Crippen molar-refractivity contribution < 1.29 is 12.8 Å². The van der Waals surface area contributed by atoms with Gasteiger partial charge in [0.2, 0.25) is 10.0 Å². The quantitative estimate of drug-likeness (QED) is 0.890. The van der Waals surface area contributed by atoms with Crippen LogP contribution >= 0.6 is 0 Å². The Morgan fingerprint density at radius 2 is 1.62 bits per heavy atom. The molecule has 26 heavy (non-hydrogen) atoms. The van der Waals surface area contributed by atoms with Crippen LogP contribution < -0.4 is 5.14 Å². The predicted octanol–water partition coefficient (Wildman–Crippen LogP) is 3.91. The van der Waals surface area contributed by atoms with Crippen LogP contribution in [0.3, 0.4) is 0 Å². The Hall–Kier alpha value is -2.31. The average Bonchev–Trinajstić information content (AvgIpc) is 3.22. The van der Waals surface area contributed by atoms with Gasteiger partial charge in [-0.2, -0.15) is 0 Å². The molecule has 0 atom stereocenters. The van der Waals surface area contributed by atoms with Crippen molar-refractivity contribution in [2.75, 3.05) is 0 Å². The van der Waals surface area contributed by atoms with E-state index in [1.807, 2.05) is 0 Å². The molecule has 134 valence electrons. The summed E-state index contributed by atoms with van der Waals surface area (Å²) in [4.78, 5) is 4.32. The van der Waals surface area contributed by atoms with E-state index in [1.165, 1.54) is 37.2 Å². The highest BCUT2D eigenvalue weighted by Crippen LogP contribution is 2.51. The third kappa shape index (κ3) is 3.10. The molecule has 2 aromatic rings. The molecule has 1 aromatic carbocycles. The number of pyridine rings is 1. The zero-order valence-corrected chi connectivity index (χ0v) is 15.0. The smallest absolute Gasteiger partial charge is 0.239 e. The van der Waals surface area contributed by atoms with Crippen LogP contribution in [0.2, 0.25) is 0 Å². The number of primary sulfonamides is 1. The number of sulfonamides is 1. The lowest BCUT2D eigenvalue weighted by Gasteiger charge is -2.16. The highest BCUT2D eigenvalue weighted by molar-refractivity contribution is 7.89. The van der Waals surface area contributed by atoms with Gasteiger partial charge in [0.15, 0.2) is 0 Å². The van der Waals surface area contributed by atoms with Gasteiger partial charge in [-0.25, -0.2) is 17.9 Å². The van der Waals surface area contributed by atoms with Gasteiger partial charge in [0, 0.05) is 17.2 Å². The van der Waals surface area contributed by atoms with Crippen LogP contribution in [0.5, 0.6) is 0 Å². The lowest BCUT2D eigenvalue weighted by molar-refractivity contribution is 0.523. The van der Waals surface area contributed by atoms with E-state index in [-0.39, 0.29) is 16.1 Å². The summed E-state index contributed by atoms with van der Waals surface area (Å²) in [6.45, 7) is 0. The van der Waals surface area contributed by atoms with E-state index in [4.69, 9.17) is 5.14 Å². The molecule has 1 aromatic heterocycles. The minimum atomic E-state index is -3.77. The van der Waals surface area contributed by atoms with E-state index in [1.54, 1.807) is 18.2 Å². The topological polar surface area (TPSA) is 73.1 Å². The van der Waals surface area contributed by atoms with Crippen molar-refractivity contribution in [3.8, 4) is 0 Å². The van der Waals surface area contributed by atoms with Crippen molar-refractivity contribution in [1.82, 2.24) is 4.98 Å². The fraction of sp³-hybridized carbons (Fsp3) is 0.250. The number of rotatable bonds is 3. The zero-order valence-electron chi connectivity index (χ0n) is 14.2. The van der Waals surface area contributed by atoms with E-state index in [2.05, 4.69) is 17.1 Å². The predicted molar refractivity (Wildman–Crippen MR) is 98.9 cm³/mol. The van der Waals surface area contributed by atoms with E-state index in [0.717, 1.165) is 29.6 Å². The van der Waals surface area contributed by atoms with Gasteiger partial charge in [-0.3, -0.25) is 4.98 Å². The molecule has 1 spiro atoms. The normalized spacial score (nSPS) is 18.8. The van der Waals surface area contributed by atoms with Gasteiger partial charge in [-0.1, -0.05) is 37.1 Å². The molecule has 0 bridgehead atoms. The van der Waals surface area contributed by atoms with Crippen LogP contribution in [0.25, 0.3) is 11.1 Å². The number of hydrogen-bond donors (Lipinski definition) is 1. The van der Waals surface area contributed by atoms with Crippen LogP contribution in [-0.4, -0.2) is 13.4 Å². The minimum absolute atomic E-state index is 0.0114. The Morgan fingerprint density at radius 1 is 0.962 bits per heavy atom. The monoisotopic (exact) mass is 370 g/mol. The first kappa shape index (κ1) is 17.1. The van der Waals surface area contributed by atoms with E-state index in [9.17, 15) is 12.8 Å². The van der Waals surface area contributed by atoms with Gasteiger partial charge in [-0.15, -0.1) is 0 Å². The number of benzene rings is 1. The molecule has 4 rings (SSSR count). The van der Waals surface area contributed by atoms with Gasteiger partial charge in [0.1, 0.15) is 10.7 Å². The van der Waals surface area contributed by atoms with Crippen molar-refractivity contribution in [2.24, 2.45) is 10.6 Å². The molecule has 1 heterocycles. The summed E-state index contributed by atoms with van der Waals surface area (Å²) >= 11 is 0. The van der Waals surface area contributed by atoms with Crippen molar-refractivity contribution in [3.63, 3.8) is 0 Å². The molecule has 4 nitrogen and oxygen atoms in total. The molecule has 0 unspecified atom stereocenters. The molecule has 1 fully saturated rings. The maximum absolute atomic E-state index is 13.3. The number of aromatic nitrogens is 1. The first-order valence-corrected chi connectivity index (χ1v) is 10.1. The molecule has 0 radical (unpaired) electrons. The number of nitrogens with two attached hydrogens (primary N) is 1. The Kier molecular flexibility index (Phi) is 4.04. The summed E-state index contributed by atoms with van der Waals surface area (Å²) < 4.78 is 36.3. The molecular formula is C20H19FN2O2S. The van der Waals surface area contributed by atoms with Crippen LogP contribution in [0.15, 0.2) is 59.6 Å². The lowest BCUT2D eigenvalue weighted by Crippen LogP contribution is -2.12. The van der Waals surface area contributed by atoms with Gasteiger partial charge in [-0.05, 0) is 48.2 Å². The van der Waals surface area contributed by atoms with Crippen molar-refractivity contribution in [3.05, 3.63) is 71.8 Å². The van der Waals surface area contributed by atoms with E-state index < -0.39 is 10.0 Å². The summed E-state index contributed by atoms with van der Waals surface area (Å²) in [6.07, 6.45) is 10.3. The van der Waals surface area contributed by atoms with Crippen LogP contribution in [-0.2, 0) is 10.0 Å². The third-order valence-electron chi connectivity index (χ3n) is 5.18. The van der Waals surface area contributed by atoms with Crippen LogP contribution in [0.1, 0.15) is 36.9 Å². The van der Waals surface area contributed by atoms with Gasteiger partial charge in [0.25, 0.3) is 0 Å². The molecule has 2 aliphatic rings. The SMILES string of the molecule is NS(=O)(=O)c1ccc(C2=CC3(C=C2c2ccc(F)cc2)CCCC3)nc1. The van der Waals surface area contributed by atoms with Gasteiger partial charge >= 0.3 is 0 Å². The van der Waals surface area contributed by atoms with Crippen LogP contribution in [0, 0.1) is 11.2 Å². The standard InChI is InChI=1S/C20H19FN2O2S/c21-15-5-3-14(4-6-15)17-11-20(9-1-2-10-20)12-18(17)19-8-7-16(13-23-19)26(22,24)25/h3-8,11-13H,1-2,9-10H2,(H2,22,24,25). The summed E-state index contributed by atoms with van der Waals surface area (Å²) in [5, 5.41) is 5.16. The number of halogens is 1. The number of hydrogen-bond acceptors (Lipinski definition) is 3. The maximum atomic E-state index is 13.3. The molecular weight excluding hydrogens is 351 g/mol. The molecule has 0 aliphatic heterocycles. The Balaban J connectivity index is 1.79. The molecule has 2 aliphatic carbocycles. The highest BCUT2D eigenvalue weighted by atomic mass is 32.2. The Morgan fingerprint density at radius 3 is 2.19 bits per heavy atom. The van der Waals surface area contributed by atoms with Gasteiger partial charge in [0.05, 0.1) is 5.69 Å². The largest absolute Gasteiger partial charge is 0.255 e. The van der Waals surface area contributed by atoms with Crippen molar-refractivity contribution >= 4 is 21.2 Å². The minimum Gasteiger partial charge on any atom is -0.255 e. The van der Waals surface area contributed by atoms with E-state index in [0.29, 0.717) is 5.69 Å². The summed E-state index contributed by atoms with van der Waals surface area (Å²) in [5.74, 6) is -0.274. The molecule has 0 saturated heterocycles. The van der Waals surface area contributed by atoms with Crippen molar-refractivity contribution in [2.45, 2.75) is 30.6 Å². The molecule has 2 N–H and O–H groups in total. The number of nitrogens with zero attached hydrogens (tertiary/aromatic N) is 1. The fourth-order valence-electron chi connectivity index (χ4n) is 3.88. The molecule has 0 amide bonds. The van der Waals surface area contributed by atoms with Crippen LogP contribution in [0.4, 0.5) is 4.39 Å². The Labute approximate surface area is 152 Å². The average molecular weight is 370 g/mol. The molecule has 1 saturated carbocycles. The third-order valence-corrected chi connectivity index (χ3v) is 6.08. The number of allylic oxidation sites excluding steroid dienone is 4. The van der Waals surface area contributed by atoms with E-state index >= 15 is 0 Å². The lowest BCUT2D eigenvalue weighted by atomic mass is 9.88. The summed E-state index contributed by atoms with van der Waals surface area (Å²) in [7, 11) is -3.77. The summed E-state index contributed by atoms with van der Waals surface area (Å²) in [6, 6.07) is 9.58. The van der Waals surface area contributed by atoms with Gasteiger partial charge < -0.3 is 0 Å². The first-order chi connectivity index (χ1) is 12.4. The second kappa shape index (κ2) is 6.14. The Bertz CT molecular complexity index is 1000. The van der Waals surface area contributed by atoms with Crippen molar-refractivity contribution in [1.29, 1.82) is 0 Å². The maximum Gasteiger partial charge on any atom is 0.239 e. The fourth-order valence-corrected chi connectivity index (χ4v) is 4.34. The summed E-state index contributed by atoms with van der Waals surface area (Å²) in [5.41, 5.74) is 3.61. The second-order valence-electron chi connectivity index (χ2n) is 6.99. The first-order valence-electron chi connectivity index (χ1n) is 8.58. The second-order valence-corrected chi connectivity index (χ2v) is 8.55. The molecule has 6 heteroatoms.